The van der Waals surface area contributed by atoms with Crippen LogP contribution in [0.5, 0.6) is 0 Å². The maximum Gasteiger partial charge on any atom is 0.328 e. The van der Waals surface area contributed by atoms with E-state index in [2.05, 4.69) is 5.32 Å². The molecule has 3 atom stereocenters. The molecule has 0 aromatic carbocycles. The van der Waals surface area contributed by atoms with Crippen molar-refractivity contribution >= 4 is 11.9 Å². The van der Waals surface area contributed by atoms with E-state index in [0.29, 0.717) is 18.9 Å². The molecule has 106 valence electrons. The Morgan fingerprint density at radius 3 is 2.33 bits per heavy atom. The van der Waals surface area contributed by atoms with Crippen LogP contribution in [0.1, 0.15) is 39.5 Å². The standard InChI is InChI=1S/C12H24N2O4/c1-3-9(6-7-13)4-5-10(16)14-11(8(2)15)12(17)18/h8-9,11,15H,3-7,13H2,1-2H3,(H,14,16)(H,17,18). The number of hydrogen-bond donors (Lipinski definition) is 4. The van der Waals surface area contributed by atoms with Gasteiger partial charge in [-0.3, -0.25) is 4.79 Å². The zero-order valence-corrected chi connectivity index (χ0v) is 11.1. The molecule has 5 N–H and O–H groups in total. The van der Waals surface area contributed by atoms with E-state index < -0.39 is 18.1 Å². The van der Waals surface area contributed by atoms with Gasteiger partial charge in [0.05, 0.1) is 6.10 Å². The number of hydrogen-bond acceptors (Lipinski definition) is 4. The number of carboxylic acids is 1. The Morgan fingerprint density at radius 1 is 1.33 bits per heavy atom. The Balaban J connectivity index is 4.13. The van der Waals surface area contributed by atoms with Gasteiger partial charge in [0.2, 0.25) is 5.91 Å². The minimum absolute atomic E-state index is 0.259. The molecule has 0 aromatic rings. The van der Waals surface area contributed by atoms with Crippen LogP contribution >= 0.6 is 0 Å². The summed E-state index contributed by atoms with van der Waals surface area (Å²) in [5.74, 6) is -1.19. The van der Waals surface area contributed by atoms with Gasteiger partial charge in [-0.25, -0.2) is 4.79 Å². The third kappa shape index (κ3) is 6.56. The Labute approximate surface area is 108 Å². The first-order valence-electron chi connectivity index (χ1n) is 6.32. The third-order valence-electron chi connectivity index (χ3n) is 3.00. The van der Waals surface area contributed by atoms with Gasteiger partial charge in [0, 0.05) is 6.42 Å². The van der Waals surface area contributed by atoms with Crippen LogP contribution < -0.4 is 11.1 Å². The first-order chi connectivity index (χ1) is 8.42. The molecule has 0 aliphatic heterocycles. The van der Waals surface area contributed by atoms with Crippen LogP contribution in [0, 0.1) is 5.92 Å². The quantitative estimate of drug-likeness (QED) is 0.469. The van der Waals surface area contributed by atoms with Crippen molar-refractivity contribution in [3.63, 3.8) is 0 Å². The maximum absolute atomic E-state index is 11.6. The van der Waals surface area contributed by atoms with Crippen LogP contribution in [0.15, 0.2) is 0 Å². The molecule has 6 nitrogen and oxygen atoms in total. The summed E-state index contributed by atoms with van der Waals surface area (Å²) in [5.41, 5.74) is 5.46. The molecule has 3 unspecified atom stereocenters. The lowest BCUT2D eigenvalue weighted by Gasteiger charge is -2.18. The van der Waals surface area contributed by atoms with Crippen LogP contribution in [0.4, 0.5) is 0 Å². The van der Waals surface area contributed by atoms with Crippen LogP contribution in [-0.2, 0) is 9.59 Å². The molecule has 0 fully saturated rings. The summed E-state index contributed by atoms with van der Waals surface area (Å²) in [7, 11) is 0. The van der Waals surface area contributed by atoms with Gasteiger partial charge in [-0.2, -0.15) is 0 Å². The first kappa shape index (κ1) is 16.9. The third-order valence-corrected chi connectivity index (χ3v) is 3.00. The molecule has 0 saturated carbocycles. The van der Waals surface area contributed by atoms with Gasteiger partial charge in [0.1, 0.15) is 0 Å². The van der Waals surface area contributed by atoms with Crippen molar-refractivity contribution in [2.24, 2.45) is 11.7 Å². The summed E-state index contributed by atoms with van der Waals surface area (Å²) < 4.78 is 0. The first-order valence-corrected chi connectivity index (χ1v) is 6.32. The molecule has 0 spiro atoms. The zero-order chi connectivity index (χ0) is 14.1. The van der Waals surface area contributed by atoms with Crippen LogP contribution in [0.25, 0.3) is 0 Å². The number of aliphatic hydroxyl groups is 1. The van der Waals surface area contributed by atoms with E-state index >= 15 is 0 Å². The summed E-state index contributed by atoms with van der Waals surface area (Å²) in [5, 5.41) is 20.4. The van der Waals surface area contributed by atoms with Crippen molar-refractivity contribution in [1.29, 1.82) is 0 Å². The monoisotopic (exact) mass is 260 g/mol. The molecule has 0 aliphatic carbocycles. The Kier molecular flexibility index (Phi) is 8.32. The van der Waals surface area contributed by atoms with E-state index in [1.807, 2.05) is 6.92 Å². The Morgan fingerprint density at radius 2 is 1.94 bits per heavy atom. The van der Waals surface area contributed by atoms with E-state index in [-0.39, 0.29) is 12.3 Å². The lowest BCUT2D eigenvalue weighted by Crippen LogP contribution is -2.47. The fraction of sp³-hybridized carbons (Fsp3) is 0.833. The van der Waals surface area contributed by atoms with Gasteiger partial charge in [0.25, 0.3) is 0 Å². The molecule has 0 radical (unpaired) electrons. The van der Waals surface area contributed by atoms with Crippen LogP contribution in [0.2, 0.25) is 0 Å². The van der Waals surface area contributed by atoms with Gasteiger partial charge in [-0.05, 0) is 32.2 Å². The average molecular weight is 260 g/mol. The summed E-state index contributed by atoms with van der Waals surface area (Å²) in [6, 6.07) is -1.24. The summed E-state index contributed by atoms with van der Waals surface area (Å²) in [6.07, 6.45) is 1.64. The summed E-state index contributed by atoms with van der Waals surface area (Å²) >= 11 is 0. The number of aliphatic hydroxyl groups excluding tert-OH is 1. The molecule has 18 heavy (non-hydrogen) atoms. The molecule has 0 rings (SSSR count). The Bertz CT molecular complexity index is 269. The van der Waals surface area contributed by atoms with E-state index in [9.17, 15) is 14.7 Å². The fourth-order valence-electron chi connectivity index (χ4n) is 1.76. The minimum Gasteiger partial charge on any atom is -0.480 e. The predicted octanol–water partition coefficient (Wildman–Crippen LogP) is 0.0918. The van der Waals surface area contributed by atoms with E-state index in [0.717, 1.165) is 12.8 Å². The number of nitrogens with two attached hydrogens (primary N) is 1. The van der Waals surface area contributed by atoms with Crippen molar-refractivity contribution in [3.8, 4) is 0 Å². The molecule has 0 aromatic heterocycles. The number of rotatable bonds is 9. The molecule has 1 amide bonds. The average Bonchev–Trinajstić information content (AvgIpc) is 2.30. The number of carbonyl (C=O) groups excluding carboxylic acids is 1. The maximum atomic E-state index is 11.6. The van der Waals surface area contributed by atoms with E-state index in [1.165, 1.54) is 6.92 Å². The van der Waals surface area contributed by atoms with Gasteiger partial charge in [-0.15, -0.1) is 0 Å². The second kappa shape index (κ2) is 8.88. The molecular weight excluding hydrogens is 236 g/mol. The second-order valence-electron chi connectivity index (χ2n) is 4.51. The minimum atomic E-state index is -1.24. The van der Waals surface area contributed by atoms with Gasteiger partial charge < -0.3 is 21.3 Å². The number of nitrogens with one attached hydrogen (secondary N) is 1. The number of carboxylic acid groups (broad SMARTS) is 1. The highest BCUT2D eigenvalue weighted by Gasteiger charge is 2.24. The topological polar surface area (TPSA) is 113 Å². The van der Waals surface area contributed by atoms with Crippen molar-refractivity contribution in [3.05, 3.63) is 0 Å². The lowest BCUT2D eigenvalue weighted by molar-refractivity contribution is -0.144. The lowest BCUT2D eigenvalue weighted by atomic mass is 9.96. The summed E-state index contributed by atoms with van der Waals surface area (Å²) in [4.78, 5) is 22.4. The van der Waals surface area contributed by atoms with Crippen molar-refractivity contribution < 1.29 is 19.8 Å². The number of amides is 1. The normalized spacial score (nSPS) is 15.8. The SMILES string of the molecule is CCC(CCN)CCC(=O)NC(C(=O)O)C(C)O. The highest BCUT2D eigenvalue weighted by molar-refractivity contribution is 5.83. The van der Waals surface area contributed by atoms with Gasteiger partial charge in [-0.1, -0.05) is 13.3 Å². The van der Waals surface area contributed by atoms with Crippen molar-refractivity contribution in [2.75, 3.05) is 6.54 Å². The predicted molar refractivity (Wildman–Crippen MR) is 67.9 cm³/mol. The van der Waals surface area contributed by atoms with Gasteiger partial charge in [0.15, 0.2) is 6.04 Å². The molecular formula is C12H24N2O4. The number of carbonyl (C=O) groups is 2. The Hall–Kier alpha value is -1.14. The smallest absolute Gasteiger partial charge is 0.328 e. The molecule has 0 bridgehead atoms. The summed E-state index contributed by atoms with van der Waals surface area (Å²) in [6.45, 7) is 3.96. The van der Waals surface area contributed by atoms with Crippen molar-refractivity contribution in [1.82, 2.24) is 5.32 Å². The molecule has 0 heterocycles. The zero-order valence-electron chi connectivity index (χ0n) is 11.1. The molecule has 0 aliphatic rings. The number of aliphatic carboxylic acids is 1. The fourth-order valence-corrected chi connectivity index (χ4v) is 1.76. The highest BCUT2D eigenvalue weighted by Crippen LogP contribution is 2.14. The van der Waals surface area contributed by atoms with Crippen molar-refractivity contribution in [2.45, 2.75) is 51.7 Å². The van der Waals surface area contributed by atoms with E-state index in [1.54, 1.807) is 0 Å². The second-order valence-corrected chi connectivity index (χ2v) is 4.51. The molecule has 0 saturated heterocycles. The van der Waals surface area contributed by atoms with Crippen LogP contribution in [-0.4, -0.2) is 40.8 Å². The van der Waals surface area contributed by atoms with Crippen LogP contribution in [0.3, 0.4) is 0 Å². The van der Waals surface area contributed by atoms with E-state index in [4.69, 9.17) is 10.8 Å². The highest BCUT2D eigenvalue weighted by atomic mass is 16.4. The molecule has 6 heteroatoms. The van der Waals surface area contributed by atoms with Gasteiger partial charge >= 0.3 is 5.97 Å². The largest absolute Gasteiger partial charge is 0.480 e.